The van der Waals surface area contributed by atoms with E-state index in [2.05, 4.69) is 10.3 Å². The summed E-state index contributed by atoms with van der Waals surface area (Å²) in [6.07, 6.45) is 0.210. The van der Waals surface area contributed by atoms with Crippen molar-refractivity contribution in [3.8, 4) is 11.3 Å². The first kappa shape index (κ1) is 19.6. The number of likely N-dealkylation sites (tertiary alicyclic amines) is 1. The monoisotopic (exact) mass is 425 g/mol. The maximum Gasteiger partial charge on any atom is 0.229 e. The summed E-state index contributed by atoms with van der Waals surface area (Å²) in [5.74, 6) is -0.557. The molecule has 4 rings (SSSR count). The predicted octanol–water partition coefficient (Wildman–Crippen LogP) is 4.76. The molecule has 0 radical (unpaired) electrons. The van der Waals surface area contributed by atoms with Gasteiger partial charge in [-0.25, -0.2) is 4.98 Å². The number of anilines is 1. The van der Waals surface area contributed by atoms with E-state index in [1.54, 1.807) is 22.3 Å². The van der Waals surface area contributed by atoms with E-state index in [9.17, 15) is 9.59 Å². The van der Waals surface area contributed by atoms with Gasteiger partial charge in [-0.2, -0.15) is 0 Å². The quantitative estimate of drug-likeness (QED) is 0.641. The molecule has 0 aliphatic carbocycles. The van der Waals surface area contributed by atoms with Gasteiger partial charge in [-0.15, -0.1) is 11.3 Å². The number of nitrogens with one attached hydrogen (secondary N) is 1. The van der Waals surface area contributed by atoms with Crippen LogP contribution in [0.15, 0.2) is 53.9 Å². The van der Waals surface area contributed by atoms with Gasteiger partial charge in [0.25, 0.3) is 0 Å². The maximum absolute atomic E-state index is 12.7. The van der Waals surface area contributed by atoms with Gasteiger partial charge in [-0.1, -0.05) is 41.9 Å². The number of halogens is 1. The van der Waals surface area contributed by atoms with Crippen LogP contribution in [0.4, 0.5) is 5.69 Å². The van der Waals surface area contributed by atoms with Crippen LogP contribution in [0.1, 0.15) is 17.0 Å². The summed E-state index contributed by atoms with van der Waals surface area (Å²) >= 11 is 7.79. The summed E-state index contributed by atoms with van der Waals surface area (Å²) in [7, 11) is 0. The van der Waals surface area contributed by atoms with Gasteiger partial charge in [0.2, 0.25) is 11.8 Å². The zero-order valence-corrected chi connectivity index (χ0v) is 17.5. The molecule has 1 atom stereocenters. The van der Waals surface area contributed by atoms with Gasteiger partial charge >= 0.3 is 0 Å². The number of nitrogens with zero attached hydrogens (tertiary/aromatic N) is 2. The van der Waals surface area contributed by atoms with Crippen LogP contribution in [-0.2, 0) is 16.1 Å². The first-order valence-corrected chi connectivity index (χ1v) is 10.6. The molecule has 2 aromatic carbocycles. The van der Waals surface area contributed by atoms with Crippen LogP contribution >= 0.6 is 22.9 Å². The number of amides is 2. The minimum absolute atomic E-state index is 0.0308. The fourth-order valence-corrected chi connectivity index (χ4v) is 4.25. The topological polar surface area (TPSA) is 62.3 Å². The minimum atomic E-state index is -0.379. The minimum Gasteiger partial charge on any atom is -0.337 e. The Balaban J connectivity index is 1.42. The SMILES string of the molecule is Cc1nc(-c2cccc(NC(=O)[C@H]3CC(=O)N(Cc4ccccc4Cl)C3)c2)cs1. The van der Waals surface area contributed by atoms with Crippen molar-refractivity contribution < 1.29 is 9.59 Å². The molecule has 3 aromatic rings. The second kappa shape index (κ2) is 8.35. The average Bonchev–Trinajstić information content (AvgIpc) is 3.30. The lowest BCUT2D eigenvalue weighted by atomic mass is 10.1. The van der Waals surface area contributed by atoms with E-state index in [4.69, 9.17) is 11.6 Å². The summed E-state index contributed by atoms with van der Waals surface area (Å²) in [5.41, 5.74) is 3.44. The van der Waals surface area contributed by atoms with E-state index in [0.717, 1.165) is 21.8 Å². The van der Waals surface area contributed by atoms with Crippen LogP contribution in [0.2, 0.25) is 5.02 Å². The molecular formula is C22H20ClN3O2S. The maximum atomic E-state index is 12.7. The fourth-order valence-electron chi connectivity index (χ4n) is 3.43. The zero-order chi connectivity index (χ0) is 20.4. The molecule has 0 spiro atoms. The molecule has 1 aliphatic rings. The summed E-state index contributed by atoms with van der Waals surface area (Å²) in [6.45, 7) is 2.77. The molecule has 1 aliphatic heterocycles. The van der Waals surface area contributed by atoms with Crippen LogP contribution in [0, 0.1) is 12.8 Å². The highest BCUT2D eigenvalue weighted by Gasteiger charge is 2.34. The molecule has 7 heteroatoms. The van der Waals surface area contributed by atoms with E-state index in [0.29, 0.717) is 23.8 Å². The zero-order valence-electron chi connectivity index (χ0n) is 15.9. The van der Waals surface area contributed by atoms with E-state index < -0.39 is 0 Å². The van der Waals surface area contributed by atoms with Crippen molar-refractivity contribution in [2.24, 2.45) is 5.92 Å². The third-order valence-corrected chi connectivity index (χ3v) is 6.09. The molecule has 1 fully saturated rings. The van der Waals surface area contributed by atoms with Gasteiger partial charge in [0.1, 0.15) is 0 Å². The number of carbonyl (C=O) groups is 2. The highest BCUT2D eigenvalue weighted by atomic mass is 35.5. The lowest BCUT2D eigenvalue weighted by Gasteiger charge is -2.17. The highest BCUT2D eigenvalue weighted by Crippen LogP contribution is 2.27. The van der Waals surface area contributed by atoms with E-state index in [1.165, 1.54) is 0 Å². The molecule has 2 heterocycles. The normalized spacial score (nSPS) is 16.3. The van der Waals surface area contributed by atoms with Crippen molar-refractivity contribution in [2.75, 3.05) is 11.9 Å². The molecule has 0 saturated carbocycles. The van der Waals surface area contributed by atoms with Gasteiger partial charge in [-0.3, -0.25) is 9.59 Å². The van der Waals surface area contributed by atoms with Gasteiger partial charge in [0, 0.05) is 41.2 Å². The Morgan fingerprint density at radius 3 is 2.86 bits per heavy atom. The second-order valence-corrected chi connectivity index (χ2v) is 8.56. The van der Waals surface area contributed by atoms with Crippen molar-refractivity contribution in [3.05, 3.63) is 69.5 Å². The Hall–Kier alpha value is -2.70. The number of benzene rings is 2. The molecule has 2 amide bonds. The Bertz CT molecular complexity index is 1070. The number of rotatable bonds is 5. The van der Waals surface area contributed by atoms with Crippen LogP contribution in [0.25, 0.3) is 11.3 Å². The number of hydrogen-bond donors (Lipinski definition) is 1. The molecule has 29 heavy (non-hydrogen) atoms. The van der Waals surface area contributed by atoms with Gasteiger partial charge < -0.3 is 10.2 Å². The predicted molar refractivity (Wildman–Crippen MR) is 116 cm³/mol. The van der Waals surface area contributed by atoms with Crippen molar-refractivity contribution in [3.63, 3.8) is 0 Å². The second-order valence-electron chi connectivity index (χ2n) is 7.09. The molecule has 1 saturated heterocycles. The summed E-state index contributed by atoms with van der Waals surface area (Å²) in [5, 5.41) is 6.57. The number of aryl methyl sites for hydroxylation is 1. The van der Waals surface area contributed by atoms with Gasteiger partial charge in [0.05, 0.1) is 16.6 Å². The number of hydrogen-bond acceptors (Lipinski definition) is 4. The van der Waals surface area contributed by atoms with Crippen molar-refractivity contribution in [1.29, 1.82) is 0 Å². The first-order chi connectivity index (χ1) is 14.0. The summed E-state index contributed by atoms with van der Waals surface area (Å²) in [6, 6.07) is 15.1. The third kappa shape index (κ3) is 4.49. The smallest absolute Gasteiger partial charge is 0.229 e. The lowest BCUT2D eigenvalue weighted by Crippen LogP contribution is -2.28. The third-order valence-electron chi connectivity index (χ3n) is 4.95. The Kier molecular flexibility index (Phi) is 5.65. The van der Waals surface area contributed by atoms with Crippen molar-refractivity contribution >= 4 is 40.4 Å². The van der Waals surface area contributed by atoms with Crippen molar-refractivity contribution in [2.45, 2.75) is 19.9 Å². The van der Waals surface area contributed by atoms with Crippen LogP contribution in [0.5, 0.6) is 0 Å². The average molecular weight is 426 g/mol. The number of thiazole rings is 1. The van der Waals surface area contributed by atoms with E-state index >= 15 is 0 Å². The summed E-state index contributed by atoms with van der Waals surface area (Å²) < 4.78 is 0. The molecule has 1 N–H and O–H groups in total. The van der Waals surface area contributed by atoms with Crippen LogP contribution < -0.4 is 5.32 Å². The summed E-state index contributed by atoms with van der Waals surface area (Å²) in [4.78, 5) is 31.3. The van der Waals surface area contributed by atoms with Gasteiger partial charge in [-0.05, 0) is 30.7 Å². The van der Waals surface area contributed by atoms with Gasteiger partial charge in [0.15, 0.2) is 0 Å². The van der Waals surface area contributed by atoms with Crippen LogP contribution in [0.3, 0.4) is 0 Å². The lowest BCUT2D eigenvalue weighted by molar-refractivity contribution is -0.128. The standard InChI is InChI=1S/C22H20ClN3O2S/c1-14-24-20(13-29-14)15-6-4-7-18(9-15)25-22(28)17-10-21(27)26(12-17)11-16-5-2-3-8-19(16)23/h2-9,13,17H,10-12H2,1H3,(H,25,28)/t17-/m0/s1. The number of aromatic nitrogens is 1. The Morgan fingerprint density at radius 2 is 2.10 bits per heavy atom. The molecule has 1 aromatic heterocycles. The highest BCUT2D eigenvalue weighted by molar-refractivity contribution is 7.09. The van der Waals surface area contributed by atoms with Crippen molar-refractivity contribution in [1.82, 2.24) is 9.88 Å². The molecule has 5 nitrogen and oxygen atoms in total. The Labute approximate surface area is 178 Å². The van der Waals surface area contributed by atoms with Crippen LogP contribution in [-0.4, -0.2) is 28.2 Å². The molecule has 0 bridgehead atoms. The van der Waals surface area contributed by atoms with E-state index in [-0.39, 0.29) is 24.2 Å². The number of carbonyl (C=O) groups excluding carboxylic acids is 2. The van der Waals surface area contributed by atoms with E-state index in [1.807, 2.05) is 54.8 Å². The molecule has 148 valence electrons. The Morgan fingerprint density at radius 1 is 1.28 bits per heavy atom. The largest absolute Gasteiger partial charge is 0.337 e. The fraction of sp³-hybridized carbons (Fsp3) is 0.227. The molecule has 0 unspecified atom stereocenters. The first-order valence-electron chi connectivity index (χ1n) is 9.34. The molecular weight excluding hydrogens is 406 g/mol.